The summed E-state index contributed by atoms with van der Waals surface area (Å²) in [5.74, 6) is 1.01. The van der Waals surface area contributed by atoms with Crippen molar-refractivity contribution in [2.75, 3.05) is 19.0 Å². The van der Waals surface area contributed by atoms with Crippen LogP contribution in [0.2, 0.25) is 0 Å². The average Bonchev–Trinajstić information content (AvgIpc) is 3.60. The molecule has 0 atom stereocenters. The molecule has 30 heavy (non-hydrogen) atoms. The molecule has 1 heterocycles. The summed E-state index contributed by atoms with van der Waals surface area (Å²) in [6, 6.07) is 15.9. The molecule has 0 bridgehead atoms. The van der Waals surface area contributed by atoms with Gasteiger partial charge in [0.05, 0.1) is 42.5 Å². The van der Waals surface area contributed by atoms with Crippen molar-refractivity contribution in [3.8, 4) is 17.0 Å². The van der Waals surface area contributed by atoms with Crippen LogP contribution in [0.5, 0.6) is 5.75 Å². The molecule has 1 fully saturated rings. The number of pyridine rings is 1. The van der Waals surface area contributed by atoms with E-state index in [1.165, 1.54) is 18.4 Å². The smallest absolute Gasteiger partial charge is 0.340 e. The maximum atomic E-state index is 12.4. The minimum absolute atomic E-state index is 0.327. The van der Waals surface area contributed by atoms with Gasteiger partial charge in [0, 0.05) is 5.56 Å². The van der Waals surface area contributed by atoms with E-state index in [0.29, 0.717) is 18.1 Å². The van der Waals surface area contributed by atoms with Crippen LogP contribution in [-0.4, -0.2) is 24.7 Å². The largest absolute Gasteiger partial charge is 0.497 e. The van der Waals surface area contributed by atoms with Crippen molar-refractivity contribution < 1.29 is 14.3 Å². The van der Waals surface area contributed by atoms with E-state index in [4.69, 9.17) is 14.5 Å². The van der Waals surface area contributed by atoms with E-state index in [0.717, 1.165) is 33.9 Å². The maximum absolute atomic E-state index is 12.4. The van der Waals surface area contributed by atoms with Gasteiger partial charge < -0.3 is 14.8 Å². The number of nitrogens with zero attached hydrogens (tertiary/aromatic N) is 1. The summed E-state index contributed by atoms with van der Waals surface area (Å²) in [6.07, 6.45) is 4.15. The number of aromatic nitrogens is 1. The molecule has 2 aromatic carbocycles. The number of aryl methyl sites for hydroxylation is 1. The first-order valence-electron chi connectivity index (χ1n) is 10.3. The Morgan fingerprint density at radius 2 is 2.00 bits per heavy atom. The lowest BCUT2D eigenvalue weighted by Crippen LogP contribution is -2.08. The fourth-order valence-electron chi connectivity index (χ4n) is 3.57. The van der Waals surface area contributed by atoms with E-state index in [1.807, 2.05) is 56.4 Å². The molecular weight excluding hydrogens is 376 g/mol. The Hall–Kier alpha value is -3.34. The molecule has 154 valence electrons. The van der Waals surface area contributed by atoms with Gasteiger partial charge in [0.2, 0.25) is 0 Å². The number of hydrogen-bond donors (Lipinski definition) is 1. The standard InChI is InChI=1S/C25H26N2O3/c1-4-30-25(28)22-12-16(2)8-11-23(22)27-19-14-21(17-9-10-17)24(26-15-19)18-6-5-7-20(13-18)29-3/h5-8,11-15,17,27H,4,9-10H2,1-3H3. The molecule has 0 aliphatic heterocycles. The van der Waals surface area contributed by atoms with Crippen molar-refractivity contribution in [2.24, 2.45) is 0 Å². The fraction of sp³-hybridized carbons (Fsp3) is 0.280. The highest BCUT2D eigenvalue weighted by molar-refractivity contribution is 5.96. The maximum Gasteiger partial charge on any atom is 0.340 e. The number of anilines is 2. The van der Waals surface area contributed by atoms with Crippen LogP contribution in [0.1, 0.15) is 47.2 Å². The van der Waals surface area contributed by atoms with Crippen LogP contribution in [0.3, 0.4) is 0 Å². The highest BCUT2D eigenvalue weighted by Gasteiger charge is 2.28. The monoisotopic (exact) mass is 402 g/mol. The van der Waals surface area contributed by atoms with Gasteiger partial charge in [-0.3, -0.25) is 4.98 Å². The number of benzene rings is 2. The molecular formula is C25H26N2O3. The third-order valence-corrected chi connectivity index (χ3v) is 5.23. The molecule has 0 radical (unpaired) electrons. The van der Waals surface area contributed by atoms with Gasteiger partial charge in [0.15, 0.2) is 0 Å². The van der Waals surface area contributed by atoms with Gasteiger partial charge in [-0.05, 0) is 68.5 Å². The fourth-order valence-corrected chi connectivity index (χ4v) is 3.57. The first-order valence-corrected chi connectivity index (χ1v) is 10.3. The highest BCUT2D eigenvalue weighted by Crippen LogP contribution is 2.45. The van der Waals surface area contributed by atoms with Crippen LogP contribution in [0.15, 0.2) is 54.7 Å². The number of nitrogens with one attached hydrogen (secondary N) is 1. The van der Waals surface area contributed by atoms with Gasteiger partial charge in [-0.1, -0.05) is 23.8 Å². The third-order valence-electron chi connectivity index (χ3n) is 5.23. The zero-order chi connectivity index (χ0) is 21.1. The number of ether oxygens (including phenoxy) is 2. The lowest BCUT2D eigenvalue weighted by molar-refractivity contribution is 0.0527. The Morgan fingerprint density at radius 3 is 2.73 bits per heavy atom. The third kappa shape index (κ3) is 4.30. The summed E-state index contributed by atoms with van der Waals surface area (Å²) in [5.41, 5.74) is 6.37. The number of esters is 1. The molecule has 3 aromatic rings. The summed E-state index contributed by atoms with van der Waals surface area (Å²) in [6.45, 7) is 4.11. The molecule has 0 amide bonds. The van der Waals surface area contributed by atoms with Crippen LogP contribution >= 0.6 is 0 Å². The predicted molar refractivity (Wildman–Crippen MR) is 119 cm³/mol. The molecule has 0 spiro atoms. The van der Waals surface area contributed by atoms with Crippen LogP contribution in [0.4, 0.5) is 11.4 Å². The number of hydrogen-bond acceptors (Lipinski definition) is 5. The molecule has 0 unspecified atom stereocenters. The van der Waals surface area contributed by atoms with Crippen molar-refractivity contribution in [3.63, 3.8) is 0 Å². The normalized spacial score (nSPS) is 13.0. The second-order valence-electron chi connectivity index (χ2n) is 7.56. The number of carbonyl (C=O) groups is 1. The van der Waals surface area contributed by atoms with Crippen molar-refractivity contribution in [1.29, 1.82) is 0 Å². The second kappa shape index (κ2) is 8.57. The van der Waals surface area contributed by atoms with E-state index < -0.39 is 0 Å². The molecule has 1 saturated carbocycles. The number of methoxy groups -OCH3 is 1. The predicted octanol–water partition coefficient (Wildman–Crippen LogP) is 5.86. The van der Waals surface area contributed by atoms with Gasteiger partial charge in [-0.2, -0.15) is 0 Å². The van der Waals surface area contributed by atoms with Crippen molar-refractivity contribution in [3.05, 3.63) is 71.4 Å². The van der Waals surface area contributed by atoms with E-state index in [9.17, 15) is 4.79 Å². The Labute approximate surface area is 177 Å². The Morgan fingerprint density at radius 1 is 1.17 bits per heavy atom. The number of rotatable bonds is 7. The minimum Gasteiger partial charge on any atom is -0.497 e. The molecule has 1 aromatic heterocycles. The van der Waals surface area contributed by atoms with Gasteiger partial charge in [0.1, 0.15) is 5.75 Å². The van der Waals surface area contributed by atoms with Gasteiger partial charge >= 0.3 is 5.97 Å². The van der Waals surface area contributed by atoms with Gasteiger partial charge in [-0.15, -0.1) is 0 Å². The SMILES string of the molecule is CCOC(=O)c1cc(C)ccc1Nc1cnc(-c2cccc(OC)c2)c(C2CC2)c1. The van der Waals surface area contributed by atoms with Crippen LogP contribution in [0.25, 0.3) is 11.3 Å². The molecule has 5 heteroatoms. The van der Waals surface area contributed by atoms with Crippen molar-refractivity contribution >= 4 is 17.3 Å². The van der Waals surface area contributed by atoms with E-state index in [2.05, 4.69) is 17.4 Å². The highest BCUT2D eigenvalue weighted by atomic mass is 16.5. The van der Waals surface area contributed by atoms with Crippen molar-refractivity contribution in [1.82, 2.24) is 4.98 Å². The Balaban J connectivity index is 1.69. The summed E-state index contributed by atoms with van der Waals surface area (Å²) in [5, 5.41) is 3.38. The Bertz CT molecular complexity index is 1070. The van der Waals surface area contributed by atoms with Crippen LogP contribution < -0.4 is 10.1 Å². The summed E-state index contributed by atoms with van der Waals surface area (Å²) in [7, 11) is 1.67. The molecule has 5 nitrogen and oxygen atoms in total. The zero-order valence-corrected chi connectivity index (χ0v) is 17.6. The summed E-state index contributed by atoms with van der Waals surface area (Å²) in [4.78, 5) is 17.2. The lowest BCUT2D eigenvalue weighted by atomic mass is 10.0. The van der Waals surface area contributed by atoms with Crippen molar-refractivity contribution in [2.45, 2.75) is 32.6 Å². The molecule has 1 N–H and O–H groups in total. The molecule has 0 saturated heterocycles. The van der Waals surface area contributed by atoms with Gasteiger partial charge in [-0.25, -0.2) is 4.79 Å². The quantitative estimate of drug-likeness (QED) is 0.501. The minimum atomic E-state index is -0.327. The number of carbonyl (C=O) groups excluding carboxylic acids is 1. The molecule has 1 aliphatic carbocycles. The lowest BCUT2D eigenvalue weighted by Gasteiger charge is -2.15. The topological polar surface area (TPSA) is 60.5 Å². The zero-order valence-electron chi connectivity index (χ0n) is 17.6. The summed E-state index contributed by atoms with van der Waals surface area (Å²) < 4.78 is 10.6. The Kier molecular flexibility index (Phi) is 5.70. The van der Waals surface area contributed by atoms with Crippen LogP contribution in [0, 0.1) is 6.92 Å². The first kappa shape index (κ1) is 20.0. The van der Waals surface area contributed by atoms with E-state index >= 15 is 0 Å². The molecule has 1 aliphatic rings. The second-order valence-corrected chi connectivity index (χ2v) is 7.56. The average molecular weight is 402 g/mol. The molecule has 4 rings (SSSR count). The van der Waals surface area contributed by atoms with E-state index in [-0.39, 0.29) is 5.97 Å². The van der Waals surface area contributed by atoms with Crippen LogP contribution in [-0.2, 0) is 4.74 Å². The van der Waals surface area contributed by atoms with E-state index in [1.54, 1.807) is 7.11 Å². The summed E-state index contributed by atoms with van der Waals surface area (Å²) >= 11 is 0. The first-order chi connectivity index (χ1) is 14.6. The van der Waals surface area contributed by atoms with Gasteiger partial charge in [0.25, 0.3) is 0 Å².